The Labute approximate surface area is 195 Å². The van der Waals surface area contributed by atoms with Crippen LogP contribution in [0.1, 0.15) is 60.9 Å². The maximum atomic E-state index is 12.9. The van der Waals surface area contributed by atoms with E-state index in [2.05, 4.69) is 35.0 Å². The Hall–Kier alpha value is -3.60. The van der Waals surface area contributed by atoms with Gasteiger partial charge in [-0.25, -0.2) is 4.98 Å². The molecule has 0 radical (unpaired) electrons. The molecule has 0 unspecified atom stereocenters. The molecule has 1 heterocycles. The molecule has 0 saturated carbocycles. The van der Waals surface area contributed by atoms with Crippen molar-refractivity contribution >= 4 is 16.9 Å². The standard InChI is InChI=1S/C28H31N3O2/c1-3-4-10-19-33-24-17-15-23(16-18-24)28(32)29-21(2)27-30-25-13-8-9-14-26(25)31(27)20-22-11-6-5-7-12-22/h5-9,11-18,21H,3-4,10,19-20H2,1-2H3,(H,29,32)/t21-/m1/s1. The lowest BCUT2D eigenvalue weighted by Crippen LogP contribution is -2.28. The number of para-hydroxylation sites is 2. The van der Waals surface area contributed by atoms with Crippen molar-refractivity contribution in [3.63, 3.8) is 0 Å². The summed E-state index contributed by atoms with van der Waals surface area (Å²) in [6.07, 6.45) is 3.37. The van der Waals surface area contributed by atoms with Crippen molar-refractivity contribution in [1.82, 2.24) is 14.9 Å². The second kappa shape index (κ2) is 10.8. The van der Waals surface area contributed by atoms with Crippen LogP contribution in [-0.2, 0) is 6.54 Å². The fourth-order valence-electron chi connectivity index (χ4n) is 3.95. The van der Waals surface area contributed by atoms with Crippen molar-refractivity contribution in [2.45, 2.75) is 45.7 Å². The number of carbonyl (C=O) groups excluding carboxylic acids is 1. The van der Waals surface area contributed by atoms with Gasteiger partial charge in [0.05, 0.1) is 23.7 Å². The Morgan fingerprint density at radius 3 is 2.45 bits per heavy atom. The molecule has 1 amide bonds. The summed E-state index contributed by atoms with van der Waals surface area (Å²) in [5.41, 5.74) is 3.78. The van der Waals surface area contributed by atoms with Gasteiger partial charge in [0, 0.05) is 12.1 Å². The molecular formula is C28H31N3O2. The number of aromatic nitrogens is 2. The molecule has 0 spiro atoms. The largest absolute Gasteiger partial charge is 0.494 e. The number of ether oxygens (including phenoxy) is 1. The highest BCUT2D eigenvalue weighted by Crippen LogP contribution is 2.23. The Morgan fingerprint density at radius 2 is 1.70 bits per heavy atom. The van der Waals surface area contributed by atoms with Gasteiger partial charge in [-0.15, -0.1) is 0 Å². The van der Waals surface area contributed by atoms with E-state index in [-0.39, 0.29) is 11.9 Å². The van der Waals surface area contributed by atoms with Crippen molar-refractivity contribution in [2.75, 3.05) is 6.61 Å². The van der Waals surface area contributed by atoms with E-state index in [0.717, 1.165) is 35.4 Å². The lowest BCUT2D eigenvalue weighted by Gasteiger charge is -2.17. The van der Waals surface area contributed by atoms with Crippen LogP contribution in [0.5, 0.6) is 5.75 Å². The first kappa shape index (κ1) is 22.6. The normalized spacial score (nSPS) is 11.9. The van der Waals surface area contributed by atoms with E-state index in [9.17, 15) is 4.79 Å². The summed E-state index contributed by atoms with van der Waals surface area (Å²) in [5.74, 6) is 1.50. The number of unbranched alkanes of at least 4 members (excludes halogenated alkanes) is 2. The lowest BCUT2D eigenvalue weighted by atomic mass is 10.2. The molecule has 33 heavy (non-hydrogen) atoms. The quantitative estimate of drug-likeness (QED) is 0.301. The summed E-state index contributed by atoms with van der Waals surface area (Å²) in [7, 11) is 0. The van der Waals surface area contributed by atoms with Gasteiger partial charge in [-0.2, -0.15) is 0 Å². The Morgan fingerprint density at radius 1 is 0.970 bits per heavy atom. The molecule has 0 saturated heterocycles. The first-order valence-corrected chi connectivity index (χ1v) is 11.7. The number of nitrogens with one attached hydrogen (secondary N) is 1. The summed E-state index contributed by atoms with van der Waals surface area (Å²) < 4.78 is 7.94. The summed E-state index contributed by atoms with van der Waals surface area (Å²) >= 11 is 0. The SMILES string of the molecule is CCCCCOc1ccc(C(=O)N[C@H](C)c2nc3ccccc3n2Cc2ccccc2)cc1. The predicted molar refractivity (Wildman–Crippen MR) is 133 cm³/mol. The predicted octanol–water partition coefficient (Wildman–Crippen LogP) is 6.14. The molecule has 1 aromatic heterocycles. The van der Waals surface area contributed by atoms with Crippen LogP contribution in [0.3, 0.4) is 0 Å². The van der Waals surface area contributed by atoms with E-state index in [1.54, 1.807) is 0 Å². The van der Waals surface area contributed by atoms with E-state index in [1.165, 1.54) is 12.0 Å². The van der Waals surface area contributed by atoms with Crippen LogP contribution in [0.2, 0.25) is 0 Å². The fraction of sp³-hybridized carbons (Fsp3) is 0.286. The molecule has 1 atom stereocenters. The minimum atomic E-state index is -0.251. The minimum Gasteiger partial charge on any atom is -0.494 e. The van der Waals surface area contributed by atoms with Gasteiger partial charge < -0.3 is 14.6 Å². The summed E-state index contributed by atoms with van der Waals surface area (Å²) in [6, 6.07) is 25.5. The third-order valence-electron chi connectivity index (χ3n) is 5.74. The maximum Gasteiger partial charge on any atom is 0.251 e. The maximum absolute atomic E-state index is 12.9. The van der Waals surface area contributed by atoms with Crippen LogP contribution < -0.4 is 10.1 Å². The number of fused-ring (bicyclic) bond motifs is 1. The van der Waals surface area contributed by atoms with Gasteiger partial charge in [-0.3, -0.25) is 4.79 Å². The molecule has 0 aliphatic heterocycles. The van der Waals surface area contributed by atoms with Crippen molar-refractivity contribution in [1.29, 1.82) is 0 Å². The number of benzene rings is 3. The Kier molecular flexibility index (Phi) is 7.40. The lowest BCUT2D eigenvalue weighted by molar-refractivity contribution is 0.0937. The van der Waals surface area contributed by atoms with Crippen molar-refractivity contribution in [2.24, 2.45) is 0 Å². The number of hydrogen-bond acceptors (Lipinski definition) is 3. The second-order valence-corrected chi connectivity index (χ2v) is 8.31. The monoisotopic (exact) mass is 441 g/mol. The summed E-state index contributed by atoms with van der Waals surface area (Å²) in [5, 5.41) is 3.12. The fourth-order valence-corrected chi connectivity index (χ4v) is 3.95. The molecule has 0 fully saturated rings. The number of carbonyl (C=O) groups is 1. The van der Waals surface area contributed by atoms with Crippen molar-refractivity contribution in [3.05, 3.63) is 95.8 Å². The van der Waals surface area contributed by atoms with Gasteiger partial charge >= 0.3 is 0 Å². The van der Waals surface area contributed by atoms with E-state index in [4.69, 9.17) is 9.72 Å². The molecular weight excluding hydrogens is 410 g/mol. The van der Waals surface area contributed by atoms with Gasteiger partial charge in [-0.1, -0.05) is 62.2 Å². The highest BCUT2D eigenvalue weighted by Gasteiger charge is 2.19. The number of rotatable bonds is 10. The first-order chi connectivity index (χ1) is 16.2. The highest BCUT2D eigenvalue weighted by molar-refractivity contribution is 5.94. The van der Waals surface area contributed by atoms with Crippen LogP contribution in [0.25, 0.3) is 11.0 Å². The zero-order chi connectivity index (χ0) is 23.0. The van der Waals surface area contributed by atoms with Crippen LogP contribution in [0, 0.1) is 0 Å². The third kappa shape index (κ3) is 5.61. The molecule has 4 rings (SSSR count). The van der Waals surface area contributed by atoms with E-state index in [0.29, 0.717) is 18.7 Å². The average molecular weight is 442 g/mol. The summed E-state index contributed by atoms with van der Waals surface area (Å²) in [4.78, 5) is 17.8. The van der Waals surface area contributed by atoms with Crippen molar-refractivity contribution < 1.29 is 9.53 Å². The van der Waals surface area contributed by atoms with Crippen LogP contribution in [0.4, 0.5) is 0 Å². The molecule has 170 valence electrons. The molecule has 0 aliphatic rings. The minimum absolute atomic E-state index is 0.127. The van der Waals surface area contributed by atoms with Gasteiger partial charge in [0.2, 0.25) is 0 Å². The van der Waals surface area contributed by atoms with Crippen LogP contribution in [0.15, 0.2) is 78.9 Å². The molecule has 0 aliphatic carbocycles. The van der Waals surface area contributed by atoms with Gasteiger partial charge in [0.1, 0.15) is 11.6 Å². The zero-order valence-electron chi connectivity index (χ0n) is 19.3. The van der Waals surface area contributed by atoms with Gasteiger partial charge in [0.25, 0.3) is 5.91 Å². The van der Waals surface area contributed by atoms with Gasteiger partial charge in [0.15, 0.2) is 0 Å². The molecule has 5 nitrogen and oxygen atoms in total. The van der Waals surface area contributed by atoms with E-state index in [1.807, 2.05) is 67.6 Å². The van der Waals surface area contributed by atoms with Gasteiger partial charge in [-0.05, 0) is 55.3 Å². The number of amides is 1. The summed E-state index contributed by atoms with van der Waals surface area (Å²) in [6.45, 7) is 5.55. The number of hydrogen-bond donors (Lipinski definition) is 1. The topological polar surface area (TPSA) is 56.1 Å². The highest BCUT2D eigenvalue weighted by atomic mass is 16.5. The Bertz CT molecular complexity index is 1180. The third-order valence-corrected chi connectivity index (χ3v) is 5.74. The van der Waals surface area contributed by atoms with E-state index < -0.39 is 0 Å². The molecule has 4 aromatic rings. The van der Waals surface area contributed by atoms with Crippen LogP contribution >= 0.6 is 0 Å². The van der Waals surface area contributed by atoms with Crippen molar-refractivity contribution in [3.8, 4) is 5.75 Å². The van der Waals surface area contributed by atoms with E-state index >= 15 is 0 Å². The zero-order valence-corrected chi connectivity index (χ0v) is 19.3. The number of nitrogens with zero attached hydrogens (tertiary/aromatic N) is 2. The Balaban J connectivity index is 1.49. The first-order valence-electron chi connectivity index (χ1n) is 11.7. The average Bonchev–Trinajstić information content (AvgIpc) is 3.21. The smallest absolute Gasteiger partial charge is 0.251 e. The molecule has 3 aromatic carbocycles. The molecule has 1 N–H and O–H groups in total. The second-order valence-electron chi connectivity index (χ2n) is 8.31. The molecule has 0 bridgehead atoms. The molecule has 5 heteroatoms. The number of imidazole rings is 1. The van der Waals surface area contributed by atoms with Crippen LogP contribution in [-0.4, -0.2) is 22.1 Å².